The zero-order valence-electron chi connectivity index (χ0n) is 11.2. The van der Waals surface area contributed by atoms with Gasteiger partial charge in [0, 0.05) is 23.1 Å². The molecular formula is C15H17N3S. The van der Waals surface area contributed by atoms with Crippen LogP contribution in [0, 0.1) is 13.8 Å². The number of benzene rings is 1. The zero-order valence-corrected chi connectivity index (χ0v) is 12.0. The maximum Gasteiger partial charge on any atom is 0.194 e. The maximum atomic E-state index is 5.76. The van der Waals surface area contributed by atoms with E-state index in [1.807, 2.05) is 0 Å². The topological polar surface area (TPSA) is 43.3 Å². The molecular weight excluding hydrogens is 254 g/mol. The fraction of sp³-hybridized carbons (Fsp3) is 0.267. The number of aromatic nitrogens is 2. The highest BCUT2D eigenvalue weighted by Crippen LogP contribution is 2.28. The molecule has 2 N–H and O–H groups in total. The molecule has 0 fully saturated rings. The van der Waals surface area contributed by atoms with Crippen molar-refractivity contribution in [2.75, 3.05) is 6.54 Å². The standard InChI is InChI=1S/C15H17N3S/c1-10-3-5-12(6-4-10)14-13(7-8-16)18-11(2)9-19-15(18)17-14/h3-6,9H,7-8,16H2,1-2H3. The average Bonchev–Trinajstić information content (AvgIpc) is 2.93. The first-order valence-electron chi connectivity index (χ1n) is 6.43. The normalized spacial score (nSPS) is 11.3. The van der Waals surface area contributed by atoms with E-state index in [9.17, 15) is 0 Å². The summed E-state index contributed by atoms with van der Waals surface area (Å²) in [6, 6.07) is 8.53. The first-order valence-corrected chi connectivity index (χ1v) is 7.31. The molecule has 4 heteroatoms. The van der Waals surface area contributed by atoms with Crippen molar-refractivity contribution in [3.05, 3.63) is 46.6 Å². The molecule has 0 radical (unpaired) electrons. The Morgan fingerprint density at radius 3 is 2.63 bits per heavy atom. The van der Waals surface area contributed by atoms with Gasteiger partial charge in [0.15, 0.2) is 4.96 Å². The fourth-order valence-electron chi connectivity index (χ4n) is 2.37. The molecule has 2 heterocycles. The highest BCUT2D eigenvalue weighted by molar-refractivity contribution is 7.15. The summed E-state index contributed by atoms with van der Waals surface area (Å²) in [7, 11) is 0. The third kappa shape index (κ3) is 2.07. The molecule has 0 atom stereocenters. The van der Waals surface area contributed by atoms with Crippen LogP contribution in [0.5, 0.6) is 0 Å². The number of imidazole rings is 1. The highest BCUT2D eigenvalue weighted by atomic mass is 32.1. The molecule has 1 aromatic carbocycles. The van der Waals surface area contributed by atoms with Crippen molar-refractivity contribution in [3.8, 4) is 11.3 Å². The number of hydrogen-bond donors (Lipinski definition) is 1. The Hall–Kier alpha value is -1.65. The largest absolute Gasteiger partial charge is 0.330 e. The van der Waals surface area contributed by atoms with Crippen LogP contribution in [0.2, 0.25) is 0 Å². The molecule has 3 nitrogen and oxygen atoms in total. The van der Waals surface area contributed by atoms with Gasteiger partial charge in [-0.05, 0) is 20.4 Å². The molecule has 3 aromatic rings. The van der Waals surface area contributed by atoms with E-state index in [2.05, 4.69) is 47.9 Å². The summed E-state index contributed by atoms with van der Waals surface area (Å²) in [4.78, 5) is 5.83. The predicted molar refractivity (Wildman–Crippen MR) is 80.7 cm³/mol. The first-order chi connectivity index (χ1) is 9.20. The van der Waals surface area contributed by atoms with Crippen LogP contribution in [-0.4, -0.2) is 15.9 Å². The van der Waals surface area contributed by atoms with Gasteiger partial charge in [-0.15, -0.1) is 11.3 Å². The second-order valence-corrected chi connectivity index (χ2v) is 5.64. The summed E-state index contributed by atoms with van der Waals surface area (Å²) in [5.41, 5.74) is 11.7. The maximum absolute atomic E-state index is 5.76. The number of nitrogens with zero attached hydrogens (tertiary/aromatic N) is 2. The summed E-state index contributed by atoms with van der Waals surface area (Å²) in [5.74, 6) is 0. The van der Waals surface area contributed by atoms with Crippen molar-refractivity contribution in [2.24, 2.45) is 5.73 Å². The van der Waals surface area contributed by atoms with Crippen molar-refractivity contribution in [1.82, 2.24) is 9.38 Å². The number of thiazole rings is 1. The zero-order chi connectivity index (χ0) is 13.4. The van der Waals surface area contributed by atoms with Crippen LogP contribution in [0.25, 0.3) is 16.2 Å². The summed E-state index contributed by atoms with van der Waals surface area (Å²) in [6.07, 6.45) is 0.849. The molecule has 0 amide bonds. The number of nitrogens with two attached hydrogens (primary N) is 1. The summed E-state index contributed by atoms with van der Waals surface area (Å²) in [5, 5.41) is 2.14. The van der Waals surface area contributed by atoms with Gasteiger partial charge >= 0.3 is 0 Å². The molecule has 0 aliphatic rings. The van der Waals surface area contributed by atoms with Crippen molar-refractivity contribution in [1.29, 1.82) is 0 Å². The quantitative estimate of drug-likeness (QED) is 0.795. The molecule has 0 aliphatic heterocycles. The summed E-state index contributed by atoms with van der Waals surface area (Å²) in [6.45, 7) is 4.85. The van der Waals surface area contributed by atoms with E-state index >= 15 is 0 Å². The fourth-order valence-corrected chi connectivity index (χ4v) is 3.26. The van der Waals surface area contributed by atoms with E-state index in [4.69, 9.17) is 10.7 Å². The van der Waals surface area contributed by atoms with Crippen LogP contribution in [-0.2, 0) is 6.42 Å². The van der Waals surface area contributed by atoms with Crippen molar-refractivity contribution < 1.29 is 0 Å². The highest BCUT2D eigenvalue weighted by Gasteiger charge is 2.15. The second-order valence-electron chi connectivity index (χ2n) is 4.81. The smallest absolute Gasteiger partial charge is 0.194 e. The van der Waals surface area contributed by atoms with Crippen LogP contribution < -0.4 is 5.73 Å². The van der Waals surface area contributed by atoms with Crippen LogP contribution in [0.15, 0.2) is 29.6 Å². The van der Waals surface area contributed by atoms with Gasteiger partial charge in [0.2, 0.25) is 0 Å². The lowest BCUT2D eigenvalue weighted by atomic mass is 10.1. The number of hydrogen-bond acceptors (Lipinski definition) is 3. The number of rotatable bonds is 3. The van der Waals surface area contributed by atoms with Gasteiger partial charge in [-0.3, -0.25) is 4.40 Å². The molecule has 98 valence electrons. The molecule has 0 aliphatic carbocycles. The Morgan fingerprint density at radius 2 is 1.95 bits per heavy atom. The van der Waals surface area contributed by atoms with E-state index in [1.54, 1.807) is 11.3 Å². The minimum atomic E-state index is 0.641. The molecule has 0 bridgehead atoms. The summed E-state index contributed by atoms with van der Waals surface area (Å²) < 4.78 is 2.23. The lowest BCUT2D eigenvalue weighted by molar-refractivity contribution is 0.898. The van der Waals surface area contributed by atoms with E-state index in [1.165, 1.54) is 22.5 Å². The van der Waals surface area contributed by atoms with Crippen LogP contribution >= 0.6 is 11.3 Å². The first kappa shape index (κ1) is 12.4. The SMILES string of the molecule is Cc1ccc(-c2nc3scc(C)n3c2CCN)cc1. The summed E-state index contributed by atoms with van der Waals surface area (Å²) >= 11 is 1.68. The molecule has 0 saturated carbocycles. The Balaban J connectivity index is 2.22. The van der Waals surface area contributed by atoms with Gasteiger partial charge in [0.25, 0.3) is 0 Å². The van der Waals surface area contributed by atoms with Crippen LogP contribution in [0.4, 0.5) is 0 Å². The van der Waals surface area contributed by atoms with E-state index in [-0.39, 0.29) is 0 Å². The lowest BCUT2D eigenvalue weighted by Gasteiger charge is -2.04. The van der Waals surface area contributed by atoms with Gasteiger partial charge in [-0.1, -0.05) is 29.8 Å². The Bertz CT molecular complexity index is 707. The van der Waals surface area contributed by atoms with Gasteiger partial charge in [-0.25, -0.2) is 4.98 Å². The monoisotopic (exact) mass is 271 g/mol. The van der Waals surface area contributed by atoms with E-state index in [0.29, 0.717) is 6.54 Å². The van der Waals surface area contributed by atoms with Crippen molar-refractivity contribution in [2.45, 2.75) is 20.3 Å². The third-order valence-corrected chi connectivity index (χ3v) is 4.28. The second kappa shape index (κ2) is 4.79. The molecule has 3 rings (SSSR count). The molecule has 19 heavy (non-hydrogen) atoms. The number of aryl methyl sites for hydroxylation is 2. The van der Waals surface area contributed by atoms with Gasteiger partial charge < -0.3 is 5.73 Å². The van der Waals surface area contributed by atoms with Crippen LogP contribution in [0.3, 0.4) is 0 Å². The molecule has 0 spiro atoms. The Morgan fingerprint density at radius 1 is 1.21 bits per heavy atom. The third-order valence-electron chi connectivity index (χ3n) is 3.34. The number of fused-ring (bicyclic) bond motifs is 1. The van der Waals surface area contributed by atoms with E-state index in [0.717, 1.165) is 17.1 Å². The average molecular weight is 271 g/mol. The molecule has 0 unspecified atom stereocenters. The van der Waals surface area contributed by atoms with E-state index < -0.39 is 0 Å². The van der Waals surface area contributed by atoms with Crippen molar-refractivity contribution in [3.63, 3.8) is 0 Å². The predicted octanol–water partition coefficient (Wildman–Crippen LogP) is 3.18. The van der Waals surface area contributed by atoms with Gasteiger partial charge in [-0.2, -0.15) is 0 Å². The molecule has 2 aromatic heterocycles. The minimum Gasteiger partial charge on any atom is -0.330 e. The van der Waals surface area contributed by atoms with Gasteiger partial charge in [0.05, 0.1) is 11.4 Å². The van der Waals surface area contributed by atoms with Crippen molar-refractivity contribution >= 4 is 16.3 Å². The lowest BCUT2D eigenvalue weighted by Crippen LogP contribution is -2.06. The van der Waals surface area contributed by atoms with Crippen LogP contribution in [0.1, 0.15) is 17.0 Å². The Kier molecular flexibility index (Phi) is 3.12. The Labute approximate surface area is 116 Å². The molecule has 0 saturated heterocycles. The van der Waals surface area contributed by atoms with Gasteiger partial charge in [0.1, 0.15) is 0 Å². The minimum absolute atomic E-state index is 0.641.